The Labute approximate surface area is 130 Å². The highest BCUT2D eigenvalue weighted by molar-refractivity contribution is 5.88. The van der Waals surface area contributed by atoms with E-state index in [2.05, 4.69) is 5.32 Å². The van der Waals surface area contributed by atoms with E-state index in [9.17, 15) is 9.59 Å². The van der Waals surface area contributed by atoms with Crippen molar-refractivity contribution in [3.63, 3.8) is 0 Å². The van der Waals surface area contributed by atoms with Crippen molar-refractivity contribution >= 4 is 18.0 Å². The van der Waals surface area contributed by atoms with E-state index in [-0.39, 0.29) is 18.6 Å². The van der Waals surface area contributed by atoms with Gasteiger partial charge in [-0.25, -0.2) is 4.79 Å². The number of esters is 1. The molecule has 0 spiro atoms. The van der Waals surface area contributed by atoms with Gasteiger partial charge >= 0.3 is 5.97 Å². The molecular weight excluding hydrogens is 282 g/mol. The van der Waals surface area contributed by atoms with Crippen LogP contribution in [0.25, 0.3) is 6.08 Å². The molecule has 0 bridgehead atoms. The van der Waals surface area contributed by atoms with E-state index in [1.165, 1.54) is 37.7 Å². The highest BCUT2D eigenvalue weighted by atomic mass is 16.5. The fraction of sp³-hybridized carbons (Fsp3) is 0.529. The molecule has 1 saturated carbocycles. The first-order chi connectivity index (χ1) is 10.7. The van der Waals surface area contributed by atoms with E-state index in [1.807, 2.05) is 0 Å². The summed E-state index contributed by atoms with van der Waals surface area (Å²) in [6.07, 6.45) is 12.4. The van der Waals surface area contributed by atoms with Crippen molar-refractivity contribution in [1.29, 1.82) is 0 Å². The Morgan fingerprint density at radius 3 is 2.64 bits per heavy atom. The van der Waals surface area contributed by atoms with Crippen molar-refractivity contribution in [2.45, 2.75) is 51.0 Å². The van der Waals surface area contributed by atoms with Crippen LogP contribution < -0.4 is 5.32 Å². The number of amides is 1. The number of hydrogen-bond acceptors (Lipinski definition) is 4. The average molecular weight is 305 g/mol. The van der Waals surface area contributed by atoms with Gasteiger partial charge in [0.05, 0.1) is 6.26 Å². The zero-order valence-corrected chi connectivity index (χ0v) is 12.8. The van der Waals surface area contributed by atoms with Gasteiger partial charge in [-0.3, -0.25) is 4.79 Å². The van der Waals surface area contributed by atoms with E-state index in [4.69, 9.17) is 9.15 Å². The quantitative estimate of drug-likeness (QED) is 0.670. The largest absolute Gasteiger partial charge is 0.465 e. The minimum Gasteiger partial charge on any atom is -0.465 e. The standard InChI is InChI=1S/C17H23NO4/c19-16(18-14-7-4-2-1-3-5-8-14)13-22-17(20)11-10-15-9-6-12-21-15/h6,9-12,14H,1-5,7-8,13H2,(H,18,19)/b11-10+. The zero-order valence-electron chi connectivity index (χ0n) is 12.8. The van der Waals surface area contributed by atoms with Gasteiger partial charge in [0.2, 0.25) is 0 Å². The molecule has 0 unspecified atom stereocenters. The molecule has 1 aliphatic carbocycles. The molecule has 1 fully saturated rings. The first-order valence-corrected chi connectivity index (χ1v) is 7.92. The smallest absolute Gasteiger partial charge is 0.331 e. The summed E-state index contributed by atoms with van der Waals surface area (Å²) in [7, 11) is 0. The maximum atomic E-state index is 11.8. The molecule has 0 atom stereocenters. The fourth-order valence-electron chi connectivity index (χ4n) is 2.59. The fourth-order valence-corrected chi connectivity index (χ4v) is 2.59. The molecule has 1 N–H and O–H groups in total. The molecule has 1 aliphatic rings. The second-order valence-electron chi connectivity index (χ2n) is 5.57. The summed E-state index contributed by atoms with van der Waals surface area (Å²) < 4.78 is 9.98. The summed E-state index contributed by atoms with van der Waals surface area (Å²) in [4.78, 5) is 23.3. The normalized spacial score (nSPS) is 16.9. The van der Waals surface area contributed by atoms with Gasteiger partial charge in [-0.1, -0.05) is 32.1 Å². The first kappa shape index (κ1) is 16.3. The van der Waals surface area contributed by atoms with Crippen LogP contribution in [0.2, 0.25) is 0 Å². The third kappa shape index (κ3) is 6.16. The lowest BCUT2D eigenvalue weighted by molar-refractivity contribution is -0.144. The molecule has 0 aliphatic heterocycles. The van der Waals surface area contributed by atoms with Crippen LogP contribution >= 0.6 is 0 Å². The molecule has 5 heteroatoms. The topological polar surface area (TPSA) is 68.5 Å². The summed E-state index contributed by atoms with van der Waals surface area (Å²) >= 11 is 0. The molecule has 0 radical (unpaired) electrons. The lowest BCUT2D eigenvalue weighted by Gasteiger charge is -2.20. The Kier molecular flexibility index (Phi) is 6.74. The SMILES string of the molecule is O=C(COC(=O)/C=C/c1ccco1)NC1CCCCCCC1. The van der Waals surface area contributed by atoms with E-state index < -0.39 is 5.97 Å². The van der Waals surface area contributed by atoms with Crippen LogP contribution in [0.1, 0.15) is 50.7 Å². The summed E-state index contributed by atoms with van der Waals surface area (Å²) in [6, 6.07) is 3.67. The second kappa shape index (κ2) is 9.07. The molecule has 2 rings (SSSR count). The maximum Gasteiger partial charge on any atom is 0.331 e. The van der Waals surface area contributed by atoms with Gasteiger partial charge in [0.25, 0.3) is 5.91 Å². The van der Waals surface area contributed by atoms with Gasteiger partial charge in [0, 0.05) is 12.1 Å². The van der Waals surface area contributed by atoms with Crippen LogP contribution in [0.5, 0.6) is 0 Å². The molecule has 0 aromatic carbocycles. The van der Waals surface area contributed by atoms with E-state index >= 15 is 0 Å². The number of ether oxygens (including phenoxy) is 1. The third-order valence-corrected chi connectivity index (χ3v) is 3.74. The van der Waals surface area contributed by atoms with Crippen molar-refractivity contribution in [3.05, 3.63) is 30.2 Å². The van der Waals surface area contributed by atoms with Crippen LogP contribution in [0.4, 0.5) is 0 Å². The minimum atomic E-state index is -0.552. The van der Waals surface area contributed by atoms with Gasteiger partial charge < -0.3 is 14.5 Å². The highest BCUT2D eigenvalue weighted by Crippen LogP contribution is 2.16. The lowest BCUT2D eigenvalue weighted by atomic mass is 9.97. The Morgan fingerprint density at radius 1 is 1.23 bits per heavy atom. The zero-order chi connectivity index (χ0) is 15.6. The second-order valence-corrected chi connectivity index (χ2v) is 5.57. The molecule has 1 amide bonds. The first-order valence-electron chi connectivity index (χ1n) is 7.92. The van der Waals surface area contributed by atoms with Crippen LogP contribution in [0.15, 0.2) is 28.9 Å². The molecule has 1 aromatic rings. The number of hydrogen-bond donors (Lipinski definition) is 1. The van der Waals surface area contributed by atoms with Crippen molar-refractivity contribution in [2.24, 2.45) is 0 Å². The van der Waals surface area contributed by atoms with Gasteiger partial charge in [-0.2, -0.15) is 0 Å². The van der Waals surface area contributed by atoms with Crippen LogP contribution in [0.3, 0.4) is 0 Å². The van der Waals surface area contributed by atoms with Crippen molar-refractivity contribution in [1.82, 2.24) is 5.32 Å². The van der Waals surface area contributed by atoms with Gasteiger partial charge in [0.15, 0.2) is 6.61 Å². The number of carbonyl (C=O) groups is 2. The number of rotatable bonds is 5. The van der Waals surface area contributed by atoms with Gasteiger partial charge in [-0.05, 0) is 31.1 Å². The van der Waals surface area contributed by atoms with Gasteiger partial charge in [-0.15, -0.1) is 0 Å². The Balaban J connectivity index is 1.66. The third-order valence-electron chi connectivity index (χ3n) is 3.74. The van der Waals surface area contributed by atoms with Crippen LogP contribution in [-0.4, -0.2) is 24.5 Å². The lowest BCUT2D eigenvalue weighted by Crippen LogP contribution is -2.37. The highest BCUT2D eigenvalue weighted by Gasteiger charge is 2.14. The Morgan fingerprint density at radius 2 is 1.95 bits per heavy atom. The molecule has 120 valence electrons. The maximum absolute atomic E-state index is 11.8. The van der Waals surface area contributed by atoms with Crippen molar-refractivity contribution < 1.29 is 18.7 Å². The summed E-state index contributed by atoms with van der Waals surface area (Å²) in [6.45, 7) is -0.238. The number of furan rings is 1. The van der Waals surface area contributed by atoms with Crippen LogP contribution in [-0.2, 0) is 14.3 Å². The predicted octanol–water partition coefficient (Wildman–Crippen LogP) is 3.07. The van der Waals surface area contributed by atoms with Crippen molar-refractivity contribution in [2.75, 3.05) is 6.61 Å². The molecule has 1 heterocycles. The van der Waals surface area contributed by atoms with Crippen LogP contribution in [0, 0.1) is 0 Å². The average Bonchev–Trinajstić information content (AvgIpc) is 2.99. The predicted molar refractivity (Wildman–Crippen MR) is 83.0 cm³/mol. The molecule has 0 saturated heterocycles. The Hall–Kier alpha value is -2.04. The molecular formula is C17H23NO4. The van der Waals surface area contributed by atoms with Gasteiger partial charge in [0.1, 0.15) is 5.76 Å². The molecule has 1 aromatic heterocycles. The van der Waals surface area contributed by atoms with Crippen molar-refractivity contribution in [3.8, 4) is 0 Å². The Bertz CT molecular complexity index is 485. The molecule has 5 nitrogen and oxygen atoms in total. The summed E-state index contributed by atoms with van der Waals surface area (Å²) in [5, 5.41) is 2.95. The summed E-state index contributed by atoms with van der Waals surface area (Å²) in [5.41, 5.74) is 0. The monoisotopic (exact) mass is 305 g/mol. The van der Waals surface area contributed by atoms with E-state index in [1.54, 1.807) is 12.1 Å². The number of carbonyl (C=O) groups excluding carboxylic acids is 2. The number of nitrogens with one attached hydrogen (secondary N) is 1. The minimum absolute atomic E-state index is 0.213. The summed E-state index contributed by atoms with van der Waals surface area (Å²) in [5.74, 6) is -0.217. The van der Waals surface area contributed by atoms with E-state index in [0.29, 0.717) is 5.76 Å². The van der Waals surface area contributed by atoms with E-state index in [0.717, 1.165) is 25.7 Å². The molecule has 22 heavy (non-hydrogen) atoms.